The maximum atomic E-state index is 12.1. The van der Waals surface area contributed by atoms with Crippen LogP contribution in [0.2, 0.25) is 10.0 Å². The highest BCUT2D eigenvalue weighted by molar-refractivity contribution is 6.31. The van der Waals surface area contributed by atoms with Crippen LogP contribution < -0.4 is 10.1 Å². The molecule has 1 aliphatic carbocycles. The topological polar surface area (TPSA) is 90.4 Å². The van der Waals surface area contributed by atoms with Gasteiger partial charge < -0.3 is 18.9 Å². The molecule has 0 aliphatic heterocycles. The van der Waals surface area contributed by atoms with Crippen LogP contribution in [0.15, 0.2) is 57.4 Å². The van der Waals surface area contributed by atoms with Crippen molar-refractivity contribution in [3.8, 4) is 17.4 Å². The molecule has 1 saturated carbocycles. The van der Waals surface area contributed by atoms with Crippen LogP contribution in [-0.2, 0) is 4.79 Å². The molecule has 9 heteroatoms. The molecule has 0 unspecified atom stereocenters. The van der Waals surface area contributed by atoms with Crippen molar-refractivity contribution in [2.24, 2.45) is 5.92 Å². The van der Waals surface area contributed by atoms with E-state index in [1.165, 1.54) is 0 Å². The summed E-state index contributed by atoms with van der Waals surface area (Å²) >= 11 is 11.9. The van der Waals surface area contributed by atoms with Crippen LogP contribution in [0, 0.1) is 5.92 Å². The molecule has 1 fully saturated rings. The first-order valence-corrected chi connectivity index (χ1v) is 12.0. The van der Waals surface area contributed by atoms with Gasteiger partial charge in [0.05, 0.1) is 0 Å². The van der Waals surface area contributed by atoms with E-state index in [4.69, 9.17) is 36.8 Å². The molecule has 4 aromatic rings. The van der Waals surface area contributed by atoms with Crippen molar-refractivity contribution < 1.29 is 18.4 Å². The Morgan fingerprint density at radius 3 is 2.53 bits per heavy atom. The fourth-order valence-corrected chi connectivity index (χ4v) is 4.53. The zero-order valence-corrected chi connectivity index (χ0v) is 19.8. The summed E-state index contributed by atoms with van der Waals surface area (Å²) in [4.78, 5) is 12.1. The van der Waals surface area contributed by atoms with Gasteiger partial charge in [0, 0.05) is 27.9 Å². The molecule has 34 heavy (non-hydrogen) atoms. The third-order valence-corrected chi connectivity index (χ3v) is 6.58. The number of hydrogen-bond acceptors (Lipinski definition) is 6. The SMILES string of the molecule is O=C(COc1ccc(Cl)cc1)NC[C@H]1CC[C@H](c2nnc(-c3cc4cc(Cl)ccc4o3)o2)CC1. The number of furan rings is 1. The number of halogens is 2. The van der Waals surface area contributed by atoms with Crippen LogP contribution in [0.25, 0.3) is 22.6 Å². The summed E-state index contributed by atoms with van der Waals surface area (Å²) < 4.78 is 17.3. The van der Waals surface area contributed by atoms with Gasteiger partial charge in [0.2, 0.25) is 5.89 Å². The van der Waals surface area contributed by atoms with E-state index in [0.29, 0.717) is 45.8 Å². The highest BCUT2D eigenvalue weighted by Crippen LogP contribution is 2.36. The number of carbonyl (C=O) groups excluding carboxylic acids is 1. The van der Waals surface area contributed by atoms with Crippen LogP contribution in [0.5, 0.6) is 5.75 Å². The Bertz CT molecular complexity index is 1280. The largest absolute Gasteiger partial charge is 0.484 e. The Kier molecular flexibility index (Phi) is 6.74. The number of benzene rings is 2. The molecule has 0 atom stereocenters. The van der Waals surface area contributed by atoms with E-state index >= 15 is 0 Å². The maximum absolute atomic E-state index is 12.1. The molecule has 0 spiro atoms. The Morgan fingerprint density at radius 2 is 1.74 bits per heavy atom. The number of aromatic nitrogens is 2. The van der Waals surface area contributed by atoms with Crippen molar-refractivity contribution in [1.29, 1.82) is 0 Å². The molecule has 1 amide bonds. The van der Waals surface area contributed by atoms with Crippen molar-refractivity contribution in [1.82, 2.24) is 15.5 Å². The van der Waals surface area contributed by atoms with Gasteiger partial charge in [0.25, 0.3) is 11.8 Å². The number of ether oxygens (including phenoxy) is 1. The predicted octanol–water partition coefficient (Wildman–Crippen LogP) is 6.26. The van der Waals surface area contributed by atoms with Crippen molar-refractivity contribution in [3.05, 3.63) is 64.5 Å². The lowest BCUT2D eigenvalue weighted by atomic mass is 9.82. The summed E-state index contributed by atoms with van der Waals surface area (Å²) in [6.45, 7) is 0.613. The summed E-state index contributed by atoms with van der Waals surface area (Å²) in [7, 11) is 0. The summed E-state index contributed by atoms with van der Waals surface area (Å²) in [5, 5.41) is 13.6. The molecule has 2 aromatic carbocycles. The van der Waals surface area contributed by atoms with Crippen molar-refractivity contribution >= 4 is 40.1 Å². The molecule has 2 heterocycles. The first-order valence-electron chi connectivity index (χ1n) is 11.2. The van der Waals surface area contributed by atoms with Crippen LogP contribution in [0.3, 0.4) is 0 Å². The minimum Gasteiger partial charge on any atom is -0.484 e. The minimum absolute atomic E-state index is 0.0181. The van der Waals surface area contributed by atoms with E-state index < -0.39 is 0 Å². The van der Waals surface area contributed by atoms with E-state index in [0.717, 1.165) is 36.7 Å². The van der Waals surface area contributed by atoms with Gasteiger partial charge in [-0.25, -0.2) is 0 Å². The predicted molar refractivity (Wildman–Crippen MR) is 129 cm³/mol. The number of nitrogens with zero attached hydrogens (tertiary/aromatic N) is 2. The van der Waals surface area contributed by atoms with Crippen LogP contribution in [0.1, 0.15) is 37.5 Å². The Labute approximate surface area is 206 Å². The van der Waals surface area contributed by atoms with Gasteiger partial charge in [-0.2, -0.15) is 0 Å². The number of nitrogens with one attached hydrogen (secondary N) is 1. The molecule has 176 valence electrons. The second-order valence-corrected chi connectivity index (χ2v) is 9.38. The van der Waals surface area contributed by atoms with E-state index in [2.05, 4.69) is 15.5 Å². The molecular weight excluding hydrogens is 477 g/mol. The first kappa shape index (κ1) is 22.7. The van der Waals surface area contributed by atoms with E-state index in [1.807, 2.05) is 18.2 Å². The molecular formula is C25H23Cl2N3O4. The summed E-state index contributed by atoms with van der Waals surface area (Å²) in [6, 6.07) is 14.2. The highest BCUT2D eigenvalue weighted by Gasteiger charge is 2.27. The number of amides is 1. The van der Waals surface area contributed by atoms with Gasteiger partial charge >= 0.3 is 0 Å². The van der Waals surface area contributed by atoms with Gasteiger partial charge in [0.15, 0.2) is 12.4 Å². The van der Waals surface area contributed by atoms with Crippen molar-refractivity contribution in [3.63, 3.8) is 0 Å². The second kappa shape index (κ2) is 10.1. The maximum Gasteiger partial charge on any atom is 0.283 e. The molecule has 1 aliphatic rings. The average Bonchev–Trinajstić information content (AvgIpc) is 3.50. The zero-order valence-electron chi connectivity index (χ0n) is 18.3. The molecule has 7 nitrogen and oxygen atoms in total. The number of carbonyl (C=O) groups is 1. The molecule has 0 radical (unpaired) electrons. The monoisotopic (exact) mass is 499 g/mol. The Balaban J connectivity index is 1.09. The third kappa shape index (κ3) is 5.37. The molecule has 0 saturated heterocycles. The Morgan fingerprint density at radius 1 is 0.971 bits per heavy atom. The molecule has 1 N–H and O–H groups in total. The standard InChI is InChI=1S/C25H23Cl2N3O4/c26-18-5-8-20(9-6-18)32-14-23(31)28-13-15-1-3-16(4-2-15)24-29-30-25(34-24)22-12-17-11-19(27)7-10-21(17)33-22/h5-12,15-16H,1-4,13-14H2,(H,28,31)/t15-,16-. The van der Waals surface area contributed by atoms with E-state index in [9.17, 15) is 4.79 Å². The van der Waals surface area contributed by atoms with E-state index in [-0.39, 0.29) is 18.4 Å². The quantitative estimate of drug-likeness (QED) is 0.322. The van der Waals surface area contributed by atoms with E-state index in [1.54, 1.807) is 30.3 Å². The summed E-state index contributed by atoms with van der Waals surface area (Å²) in [5.41, 5.74) is 0.722. The lowest BCUT2D eigenvalue weighted by Gasteiger charge is -2.26. The van der Waals surface area contributed by atoms with Gasteiger partial charge in [-0.05, 0) is 80.1 Å². The third-order valence-electron chi connectivity index (χ3n) is 6.10. The van der Waals surface area contributed by atoms with Crippen molar-refractivity contribution in [2.45, 2.75) is 31.6 Å². The molecule has 2 aromatic heterocycles. The first-order chi connectivity index (χ1) is 16.5. The van der Waals surface area contributed by atoms with Crippen LogP contribution in [0.4, 0.5) is 0 Å². The summed E-state index contributed by atoms with van der Waals surface area (Å²) in [6.07, 6.45) is 3.81. The molecule has 0 bridgehead atoms. The van der Waals surface area contributed by atoms with Gasteiger partial charge in [0.1, 0.15) is 11.3 Å². The average molecular weight is 500 g/mol. The van der Waals surface area contributed by atoms with Gasteiger partial charge in [-0.1, -0.05) is 23.2 Å². The number of hydrogen-bond donors (Lipinski definition) is 1. The lowest BCUT2D eigenvalue weighted by molar-refractivity contribution is -0.123. The Hall–Kier alpha value is -3.03. The van der Waals surface area contributed by atoms with Gasteiger partial charge in [-0.3, -0.25) is 4.79 Å². The van der Waals surface area contributed by atoms with Crippen molar-refractivity contribution in [2.75, 3.05) is 13.2 Å². The second-order valence-electron chi connectivity index (χ2n) is 8.50. The fourth-order valence-electron chi connectivity index (χ4n) is 4.22. The number of fused-ring (bicyclic) bond motifs is 1. The van der Waals surface area contributed by atoms with Crippen LogP contribution >= 0.6 is 23.2 Å². The number of rotatable bonds is 7. The highest BCUT2D eigenvalue weighted by atomic mass is 35.5. The smallest absolute Gasteiger partial charge is 0.283 e. The normalized spacial score (nSPS) is 18.2. The fraction of sp³-hybridized carbons (Fsp3) is 0.320. The lowest BCUT2D eigenvalue weighted by Crippen LogP contribution is -2.34. The zero-order chi connectivity index (χ0) is 23.5. The summed E-state index contributed by atoms with van der Waals surface area (Å²) in [5.74, 6) is 2.65. The van der Waals surface area contributed by atoms with Crippen LogP contribution in [-0.4, -0.2) is 29.3 Å². The minimum atomic E-state index is -0.134. The molecule has 5 rings (SSSR count). The van der Waals surface area contributed by atoms with Gasteiger partial charge in [-0.15, -0.1) is 10.2 Å².